The normalized spacial score (nSPS) is 11.1. The fraction of sp³-hybridized carbons (Fsp3) is 0.286. The molecule has 0 saturated carbocycles. The van der Waals surface area contributed by atoms with Crippen molar-refractivity contribution in [1.82, 2.24) is 9.97 Å². The summed E-state index contributed by atoms with van der Waals surface area (Å²) in [7, 11) is 0. The first kappa shape index (κ1) is 16.0. The van der Waals surface area contributed by atoms with E-state index >= 15 is 0 Å². The molecule has 1 aromatic heterocycles. The molecule has 106 valence electrons. The Morgan fingerprint density at radius 1 is 1.30 bits per heavy atom. The summed E-state index contributed by atoms with van der Waals surface area (Å²) in [6, 6.07) is 5.57. The van der Waals surface area contributed by atoms with Crippen LogP contribution in [0.3, 0.4) is 0 Å². The number of halogens is 3. The molecule has 0 amide bonds. The lowest BCUT2D eigenvalue weighted by atomic mass is 10.1. The van der Waals surface area contributed by atoms with Crippen molar-refractivity contribution in [1.29, 1.82) is 0 Å². The zero-order valence-electron chi connectivity index (χ0n) is 11.0. The van der Waals surface area contributed by atoms with Crippen LogP contribution >= 0.6 is 51.3 Å². The lowest BCUT2D eigenvalue weighted by Gasteiger charge is -2.11. The monoisotopic (exact) mass is 390 g/mol. The molecule has 0 spiro atoms. The number of aromatic amines is 1. The van der Waals surface area contributed by atoms with Gasteiger partial charge in [0.15, 0.2) is 0 Å². The van der Waals surface area contributed by atoms with E-state index in [4.69, 9.17) is 35.4 Å². The summed E-state index contributed by atoms with van der Waals surface area (Å²) < 4.78 is 1.43. The molecule has 1 aromatic carbocycles. The van der Waals surface area contributed by atoms with E-state index in [9.17, 15) is 0 Å². The van der Waals surface area contributed by atoms with Crippen molar-refractivity contribution in [3.05, 3.63) is 54.4 Å². The second kappa shape index (κ2) is 6.56. The van der Waals surface area contributed by atoms with Gasteiger partial charge in [-0.15, -0.1) is 0 Å². The van der Waals surface area contributed by atoms with Crippen molar-refractivity contribution >= 4 is 51.3 Å². The summed E-state index contributed by atoms with van der Waals surface area (Å²) in [6.45, 7) is 4.21. The number of nitrogens with one attached hydrogen (secondary N) is 1. The van der Waals surface area contributed by atoms with E-state index in [2.05, 4.69) is 39.7 Å². The van der Waals surface area contributed by atoms with Crippen LogP contribution in [0.25, 0.3) is 0 Å². The van der Waals surface area contributed by atoms with Crippen molar-refractivity contribution in [2.45, 2.75) is 26.2 Å². The van der Waals surface area contributed by atoms with Crippen LogP contribution in [0.2, 0.25) is 10.0 Å². The number of H-pyrrole nitrogens is 1. The average Bonchev–Trinajstić information content (AvgIpc) is 2.37. The Kier molecular flexibility index (Phi) is 5.24. The van der Waals surface area contributed by atoms with Gasteiger partial charge in [0.2, 0.25) is 0 Å². The number of benzene rings is 1. The molecule has 1 N–H and O–H groups in total. The first-order chi connectivity index (χ1) is 9.38. The van der Waals surface area contributed by atoms with Crippen LogP contribution in [0, 0.1) is 4.64 Å². The first-order valence-corrected chi connectivity index (χ1v) is 8.06. The summed E-state index contributed by atoms with van der Waals surface area (Å²) >= 11 is 20.7. The minimum absolute atomic E-state index is 0.335. The largest absolute Gasteiger partial charge is 0.346 e. The molecule has 0 fully saturated rings. The molecule has 2 aromatic rings. The maximum atomic E-state index is 6.03. The Morgan fingerprint density at radius 2 is 2.00 bits per heavy atom. The van der Waals surface area contributed by atoms with Crippen LogP contribution in [0.5, 0.6) is 0 Å². The summed E-state index contributed by atoms with van der Waals surface area (Å²) in [4.78, 5) is 7.73. The highest BCUT2D eigenvalue weighted by atomic mass is 79.9. The molecule has 2 rings (SSSR count). The zero-order chi connectivity index (χ0) is 14.9. The van der Waals surface area contributed by atoms with Gasteiger partial charge in [-0.25, -0.2) is 4.98 Å². The minimum atomic E-state index is 0.335. The molecule has 1 heterocycles. The van der Waals surface area contributed by atoms with Crippen molar-refractivity contribution in [3.8, 4) is 0 Å². The number of nitrogens with zero attached hydrogens (tertiary/aromatic N) is 1. The Labute approximate surface area is 141 Å². The fourth-order valence-corrected chi connectivity index (χ4v) is 3.04. The maximum Gasteiger partial charge on any atom is 0.144 e. The third kappa shape index (κ3) is 3.61. The van der Waals surface area contributed by atoms with Crippen LogP contribution in [0.15, 0.2) is 22.7 Å². The van der Waals surface area contributed by atoms with Gasteiger partial charge in [-0.1, -0.05) is 55.3 Å². The Bertz CT molecular complexity index is 698. The third-order valence-electron chi connectivity index (χ3n) is 2.87. The smallest absolute Gasteiger partial charge is 0.144 e. The van der Waals surface area contributed by atoms with Gasteiger partial charge >= 0.3 is 0 Å². The van der Waals surface area contributed by atoms with E-state index in [0.717, 1.165) is 21.6 Å². The summed E-state index contributed by atoms with van der Waals surface area (Å²) in [6.07, 6.45) is 0.632. The summed E-state index contributed by atoms with van der Waals surface area (Å²) in [5.41, 5.74) is 2.09. The van der Waals surface area contributed by atoms with Crippen LogP contribution in [0.4, 0.5) is 0 Å². The molecule has 2 nitrogen and oxygen atoms in total. The number of aromatic nitrogens is 2. The molecular formula is C14H13BrCl2N2S. The molecule has 0 atom stereocenters. The molecule has 6 heteroatoms. The highest BCUT2D eigenvalue weighted by Crippen LogP contribution is 2.26. The van der Waals surface area contributed by atoms with Gasteiger partial charge in [0, 0.05) is 12.1 Å². The molecule has 0 bridgehead atoms. The highest BCUT2D eigenvalue weighted by Gasteiger charge is 2.10. The molecule has 0 aliphatic heterocycles. The number of hydrogen-bond donors (Lipinski definition) is 1. The molecule has 0 unspecified atom stereocenters. The van der Waals surface area contributed by atoms with Gasteiger partial charge in [0.25, 0.3) is 0 Å². The Morgan fingerprint density at radius 3 is 2.60 bits per heavy atom. The SMILES string of the molecule is CC(C)c1[nH]c(Cc2ccc(Cl)c(Cl)c2)nc(=S)c1Br. The Balaban J connectivity index is 2.38. The minimum Gasteiger partial charge on any atom is -0.346 e. The van der Waals surface area contributed by atoms with E-state index in [0.29, 0.717) is 27.0 Å². The van der Waals surface area contributed by atoms with Gasteiger partial charge in [0.1, 0.15) is 10.5 Å². The van der Waals surface area contributed by atoms with E-state index in [1.54, 1.807) is 6.07 Å². The second-order valence-electron chi connectivity index (χ2n) is 4.80. The van der Waals surface area contributed by atoms with Crippen LogP contribution < -0.4 is 0 Å². The van der Waals surface area contributed by atoms with Gasteiger partial charge in [-0.05, 0) is 39.5 Å². The van der Waals surface area contributed by atoms with Crippen molar-refractivity contribution in [2.24, 2.45) is 0 Å². The summed E-state index contributed by atoms with van der Waals surface area (Å²) in [5.74, 6) is 1.15. The van der Waals surface area contributed by atoms with Gasteiger partial charge in [0.05, 0.1) is 14.5 Å². The van der Waals surface area contributed by atoms with Crippen LogP contribution in [0.1, 0.15) is 36.8 Å². The third-order valence-corrected chi connectivity index (χ3v) is 4.97. The lowest BCUT2D eigenvalue weighted by Crippen LogP contribution is -2.04. The zero-order valence-corrected chi connectivity index (χ0v) is 14.9. The number of hydrogen-bond acceptors (Lipinski definition) is 2. The number of rotatable bonds is 3. The van der Waals surface area contributed by atoms with Crippen molar-refractivity contribution in [3.63, 3.8) is 0 Å². The fourth-order valence-electron chi connectivity index (χ4n) is 1.85. The van der Waals surface area contributed by atoms with Gasteiger partial charge < -0.3 is 4.98 Å². The first-order valence-electron chi connectivity index (χ1n) is 6.11. The summed E-state index contributed by atoms with van der Waals surface area (Å²) in [5, 5.41) is 1.10. The molecular weight excluding hydrogens is 379 g/mol. The van der Waals surface area contributed by atoms with Crippen molar-refractivity contribution < 1.29 is 0 Å². The van der Waals surface area contributed by atoms with Gasteiger partial charge in [-0.2, -0.15) is 0 Å². The Hall–Kier alpha value is -0.420. The average molecular weight is 392 g/mol. The predicted octanol–water partition coefficient (Wildman–Crippen LogP) is 5.92. The highest BCUT2D eigenvalue weighted by molar-refractivity contribution is 9.10. The maximum absolute atomic E-state index is 6.03. The van der Waals surface area contributed by atoms with Crippen molar-refractivity contribution in [2.75, 3.05) is 0 Å². The van der Waals surface area contributed by atoms with E-state index < -0.39 is 0 Å². The topological polar surface area (TPSA) is 28.7 Å². The molecule has 0 aliphatic rings. The van der Waals surface area contributed by atoms with Crippen LogP contribution in [-0.4, -0.2) is 9.97 Å². The molecule has 0 aliphatic carbocycles. The van der Waals surface area contributed by atoms with E-state index in [1.165, 1.54) is 0 Å². The lowest BCUT2D eigenvalue weighted by molar-refractivity contribution is 0.780. The quantitative estimate of drug-likeness (QED) is 0.657. The molecule has 0 saturated heterocycles. The van der Waals surface area contributed by atoms with Crippen LogP contribution in [-0.2, 0) is 6.42 Å². The molecule has 20 heavy (non-hydrogen) atoms. The predicted molar refractivity (Wildman–Crippen MR) is 90.5 cm³/mol. The second-order valence-corrected chi connectivity index (χ2v) is 6.79. The van der Waals surface area contributed by atoms with Gasteiger partial charge in [-0.3, -0.25) is 0 Å². The molecule has 0 radical (unpaired) electrons. The van der Waals surface area contributed by atoms with E-state index in [1.807, 2.05) is 12.1 Å². The van der Waals surface area contributed by atoms with E-state index in [-0.39, 0.29) is 0 Å². The standard InChI is InChI=1S/C14H13BrCl2N2S/c1-7(2)13-12(15)14(20)19-11(18-13)6-8-3-4-9(16)10(17)5-8/h3-5,7H,6H2,1-2H3,(H,18,19,20).